The Morgan fingerprint density at radius 1 is 1.63 bits per heavy atom. The van der Waals surface area contributed by atoms with Crippen molar-refractivity contribution < 1.29 is 13.2 Å². The molecule has 1 fully saturated rings. The Morgan fingerprint density at radius 2 is 2.37 bits per heavy atom. The molecular weight excluding hydrogens is 304 g/mol. The maximum atomic E-state index is 12.1. The van der Waals surface area contributed by atoms with Crippen molar-refractivity contribution in [2.45, 2.75) is 29.6 Å². The molecular formula is C11H16N2O3S3. The van der Waals surface area contributed by atoms with Gasteiger partial charge in [0.2, 0.25) is 10.0 Å². The molecule has 1 unspecified atom stereocenters. The van der Waals surface area contributed by atoms with E-state index in [0.29, 0.717) is 11.5 Å². The van der Waals surface area contributed by atoms with Gasteiger partial charge in [-0.25, -0.2) is 13.1 Å². The minimum atomic E-state index is -3.53. The first kappa shape index (κ1) is 14.9. The lowest BCUT2D eigenvalue weighted by Crippen LogP contribution is -2.39. The highest BCUT2D eigenvalue weighted by atomic mass is 32.2. The van der Waals surface area contributed by atoms with Crippen molar-refractivity contribution in [3.63, 3.8) is 0 Å². The smallest absolute Gasteiger partial charge is 0.250 e. The van der Waals surface area contributed by atoms with E-state index in [1.54, 1.807) is 6.07 Å². The maximum absolute atomic E-state index is 12.1. The van der Waals surface area contributed by atoms with E-state index < -0.39 is 15.6 Å². The Balaban J connectivity index is 2.07. The number of hydrogen-bond donors (Lipinski definition) is 2. The summed E-state index contributed by atoms with van der Waals surface area (Å²) in [6, 6.07) is 3.13. The highest BCUT2D eigenvalue weighted by Gasteiger charge is 2.31. The summed E-state index contributed by atoms with van der Waals surface area (Å²) in [5.41, 5.74) is 5.07. The minimum Gasteiger partial charge on any atom is -0.389 e. The van der Waals surface area contributed by atoms with Crippen molar-refractivity contribution in [2.75, 3.05) is 13.2 Å². The van der Waals surface area contributed by atoms with Crippen LogP contribution < -0.4 is 10.5 Å². The van der Waals surface area contributed by atoms with Crippen molar-refractivity contribution in [3.8, 4) is 0 Å². The summed E-state index contributed by atoms with van der Waals surface area (Å²) in [6.07, 6.45) is 1.82. The van der Waals surface area contributed by atoms with E-state index in [-0.39, 0.29) is 15.7 Å². The van der Waals surface area contributed by atoms with E-state index in [4.69, 9.17) is 22.7 Å². The fourth-order valence-corrected chi connectivity index (χ4v) is 4.44. The standard InChI is InChI=1S/C11H16N2O3S3/c1-11(5-2-6-16-11)7-13-19(14,15)9-4-3-8(18-9)10(12)17/h3-4,13H,2,5-7H2,1H3,(H2,12,17). The number of thiocarbonyl (C=S) groups is 1. The number of hydrogen-bond acceptors (Lipinski definition) is 5. The van der Waals surface area contributed by atoms with E-state index in [0.717, 1.165) is 24.2 Å². The van der Waals surface area contributed by atoms with Crippen LogP contribution in [0.5, 0.6) is 0 Å². The third kappa shape index (κ3) is 3.51. The third-order valence-electron chi connectivity index (χ3n) is 3.03. The zero-order chi connectivity index (χ0) is 14.1. The number of rotatable bonds is 5. The number of nitrogens with one attached hydrogen (secondary N) is 1. The maximum Gasteiger partial charge on any atom is 0.250 e. The van der Waals surface area contributed by atoms with Crippen molar-refractivity contribution in [2.24, 2.45) is 5.73 Å². The van der Waals surface area contributed by atoms with E-state index >= 15 is 0 Å². The summed E-state index contributed by atoms with van der Waals surface area (Å²) < 4.78 is 32.6. The monoisotopic (exact) mass is 320 g/mol. The lowest BCUT2D eigenvalue weighted by Gasteiger charge is -2.22. The first-order valence-electron chi connectivity index (χ1n) is 5.86. The molecule has 0 aromatic carbocycles. The fraction of sp³-hybridized carbons (Fsp3) is 0.545. The van der Waals surface area contributed by atoms with Crippen LogP contribution >= 0.6 is 23.6 Å². The summed E-state index contributed by atoms with van der Waals surface area (Å²) in [7, 11) is -3.53. The van der Waals surface area contributed by atoms with Gasteiger partial charge in [-0.15, -0.1) is 11.3 Å². The third-order valence-corrected chi connectivity index (χ3v) is 6.39. The molecule has 5 nitrogen and oxygen atoms in total. The fourth-order valence-electron chi connectivity index (χ4n) is 1.89. The Bertz CT molecular complexity index is 574. The molecule has 1 aromatic rings. The lowest BCUT2D eigenvalue weighted by molar-refractivity contribution is 0.0250. The second kappa shape index (κ2) is 5.45. The van der Waals surface area contributed by atoms with Crippen LogP contribution in [0.25, 0.3) is 0 Å². The van der Waals surface area contributed by atoms with Crippen LogP contribution in [-0.2, 0) is 14.8 Å². The second-order valence-corrected chi connectivity index (χ2v) is 8.23. The molecule has 0 amide bonds. The molecule has 1 saturated heterocycles. The van der Waals surface area contributed by atoms with Crippen LogP contribution in [0.15, 0.2) is 16.3 Å². The first-order chi connectivity index (χ1) is 8.82. The van der Waals surface area contributed by atoms with E-state index in [9.17, 15) is 8.42 Å². The summed E-state index contributed by atoms with van der Waals surface area (Å²) in [6.45, 7) is 2.87. The van der Waals surface area contributed by atoms with E-state index in [2.05, 4.69) is 4.72 Å². The van der Waals surface area contributed by atoms with Crippen molar-refractivity contribution in [1.82, 2.24) is 4.72 Å². The molecule has 1 atom stereocenters. The van der Waals surface area contributed by atoms with Gasteiger partial charge in [0, 0.05) is 13.2 Å². The molecule has 1 aliphatic heterocycles. The van der Waals surface area contributed by atoms with Gasteiger partial charge in [0.15, 0.2) is 0 Å². The molecule has 1 aromatic heterocycles. The summed E-state index contributed by atoms with van der Waals surface area (Å²) in [5.74, 6) is 0. The predicted molar refractivity (Wildman–Crippen MR) is 79.0 cm³/mol. The molecule has 106 valence electrons. The number of thiophene rings is 1. The van der Waals surface area contributed by atoms with Gasteiger partial charge in [0.25, 0.3) is 0 Å². The summed E-state index contributed by atoms with van der Waals surface area (Å²) in [4.78, 5) is 0.802. The van der Waals surface area contributed by atoms with Crippen molar-refractivity contribution in [3.05, 3.63) is 17.0 Å². The topological polar surface area (TPSA) is 81.4 Å². The summed E-state index contributed by atoms with van der Waals surface area (Å²) in [5, 5.41) is 0. The van der Waals surface area contributed by atoms with Gasteiger partial charge in [-0.3, -0.25) is 0 Å². The molecule has 8 heteroatoms. The van der Waals surface area contributed by atoms with Gasteiger partial charge in [0.1, 0.15) is 9.20 Å². The van der Waals surface area contributed by atoms with Crippen LogP contribution in [-0.4, -0.2) is 32.2 Å². The van der Waals surface area contributed by atoms with Crippen molar-refractivity contribution >= 4 is 38.6 Å². The Morgan fingerprint density at radius 3 is 2.89 bits per heavy atom. The lowest BCUT2D eigenvalue weighted by atomic mass is 10.0. The van der Waals surface area contributed by atoms with Gasteiger partial charge < -0.3 is 10.5 Å². The average molecular weight is 320 g/mol. The molecule has 0 spiro atoms. The highest BCUT2D eigenvalue weighted by molar-refractivity contribution is 7.91. The Kier molecular flexibility index (Phi) is 4.26. The first-order valence-corrected chi connectivity index (χ1v) is 8.56. The van der Waals surface area contributed by atoms with E-state index in [1.165, 1.54) is 6.07 Å². The molecule has 2 heterocycles. The number of nitrogens with two attached hydrogens (primary N) is 1. The Labute approximate surface area is 122 Å². The van der Waals surface area contributed by atoms with Crippen LogP contribution in [0.4, 0.5) is 0 Å². The zero-order valence-electron chi connectivity index (χ0n) is 10.5. The van der Waals surface area contributed by atoms with Gasteiger partial charge in [0.05, 0.1) is 10.5 Å². The van der Waals surface area contributed by atoms with Crippen LogP contribution in [0.2, 0.25) is 0 Å². The van der Waals surface area contributed by atoms with Gasteiger partial charge in [-0.05, 0) is 31.9 Å². The molecule has 3 N–H and O–H groups in total. The molecule has 2 rings (SSSR count). The molecule has 0 aliphatic carbocycles. The van der Waals surface area contributed by atoms with Gasteiger partial charge in [-0.2, -0.15) is 0 Å². The molecule has 0 saturated carbocycles. The SMILES string of the molecule is CC1(CNS(=O)(=O)c2ccc(C(N)=S)s2)CCCO1. The van der Waals surface area contributed by atoms with Crippen LogP contribution in [0, 0.1) is 0 Å². The summed E-state index contributed by atoms with van der Waals surface area (Å²) >= 11 is 5.89. The predicted octanol–water partition coefficient (Wildman–Crippen LogP) is 1.23. The molecule has 19 heavy (non-hydrogen) atoms. The highest BCUT2D eigenvalue weighted by Crippen LogP contribution is 2.26. The second-order valence-electron chi connectivity index (χ2n) is 4.71. The molecule has 0 radical (unpaired) electrons. The quantitative estimate of drug-likeness (QED) is 0.798. The molecule has 0 bridgehead atoms. The number of sulfonamides is 1. The van der Waals surface area contributed by atoms with E-state index in [1.807, 2.05) is 6.92 Å². The zero-order valence-corrected chi connectivity index (χ0v) is 13.0. The largest absolute Gasteiger partial charge is 0.389 e. The van der Waals surface area contributed by atoms with Crippen LogP contribution in [0.3, 0.4) is 0 Å². The van der Waals surface area contributed by atoms with Gasteiger partial charge >= 0.3 is 0 Å². The number of ether oxygens (including phenoxy) is 1. The van der Waals surface area contributed by atoms with Gasteiger partial charge in [-0.1, -0.05) is 12.2 Å². The minimum absolute atomic E-state index is 0.206. The Hall–Kier alpha value is -0.540. The average Bonchev–Trinajstić information content (AvgIpc) is 2.96. The van der Waals surface area contributed by atoms with Crippen molar-refractivity contribution in [1.29, 1.82) is 0 Å². The normalized spacial score (nSPS) is 23.6. The molecule has 1 aliphatic rings. The van der Waals surface area contributed by atoms with Crippen LogP contribution in [0.1, 0.15) is 24.6 Å².